The SMILES string of the molecule is COc1cccc([C@@H]2C[C@]3(C)NC(=O)CCCC[C@@H]3N2CC(=O)Nc2cccc(C)c2C)c1. The molecule has 2 aliphatic heterocycles. The first kappa shape index (κ1) is 23.3. The van der Waals surface area contributed by atoms with Crippen molar-refractivity contribution in [3.63, 3.8) is 0 Å². The molecule has 0 aromatic heterocycles. The number of rotatable bonds is 5. The molecule has 2 aromatic rings. The van der Waals surface area contributed by atoms with Gasteiger partial charge in [0, 0.05) is 24.2 Å². The van der Waals surface area contributed by atoms with Crippen LogP contribution in [0.2, 0.25) is 0 Å². The number of anilines is 1. The van der Waals surface area contributed by atoms with E-state index in [4.69, 9.17) is 4.74 Å². The smallest absolute Gasteiger partial charge is 0.238 e. The second kappa shape index (κ2) is 9.56. The zero-order chi connectivity index (χ0) is 23.6. The van der Waals surface area contributed by atoms with E-state index < -0.39 is 0 Å². The maximum absolute atomic E-state index is 13.3. The Bertz CT molecular complexity index is 1040. The second-order valence-corrected chi connectivity index (χ2v) is 9.69. The molecule has 0 aliphatic carbocycles. The van der Waals surface area contributed by atoms with Gasteiger partial charge in [0.2, 0.25) is 11.8 Å². The molecule has 2 saturated heterocycles. The lowest BCUT2D eigenvalue weighted by atomic mass is 9.85. The molecule has 6 heteroatoms. The highest BCUT2D eigenvalue weighted by atomic mass is 16.5. The molecule has 0 saturated carbocycles. The fourth-order valence-electron chi connectivity index (χ4n) is 5.48. The van der Waals surface area contributed by atoms with E-state index in [1.54, 1.807) is 7.11 Å². The zero-order valence-electron chi connectivity index (χ0n) is 20.1. The van der Waals surface area contributed by atoms with Gasteiger partial charge in [-0.05, 0) is 74.9 Å². The van der Waals surface area contributed by atoms with Crippen molar-refractivity contribution in [3.8, 4) is 5.75 Å². The molecule has 2 N–H and O–H groups in total. The molecule has 4 rings (SSSR count). The molecule has 2 aromatic carbocycles. The lowest BCUT2D eigenvalue weighted by molar-refractivity contribution is -0.123. The summed E-state index contributed by atoms with van der Waals surface area (Å²) in [6.07, 6.45) is 4.14. The van der Waals surface area contributed by atoms with Crippen molar-refractivity contribution in [1.82, 2.24) is 10.2 Å². The van der Waals surface area contributed by atoms with Gasteiger partial charge in [0.15, 0.2) is 0 Å². The van der Waals surface area contributed by atoms with E-state index >= 15 is 0 Å². The first-order valence-electron chi connectivity index (χ1n) is 11.9. The average molecular weight is 450 g/mol. The van der Waals surface area contributed by atoms with Gasteiger partial charge in [-0.1, -0.05) is 30.7 Å². The van der Waals surface area contributed by atoms with Crippen LogP contribution < -0.4 is 15.4 Å². The van der Waals surface area contributed by atoms with Crippen LogP contribution in [0.1, 0.15) is 61.8 Å². The van der Waals surface area contributed by atoms with Gasteiger partial charge in [0.25, 0.3) is 0 Å². The molecule has 2 heterocycles. The number of nitrogens with one attached hydrogen (secondary N) is 2. The third-order valence-corrected chi connectivity index (χ3v) is 7.39. The third kappa shape index (κ3) is 4.91. The summed E-state index contributed by atoms with van der Waals surface area (Å²) in [6.45, 7) is 6.48. The van der Waals surface area contributed by atoms with Crippen LogP contribution >= 0.6 is 0 Å². The molecular formula is C27H35N3O3. The minimum absolute atomic E-state index is 0.0119. The van der Waals surface area contributed by atoms with Gasteiger partial charge < -0.3 is 15.4 Å². The van der Waals surface area contributed by atoms with E-state index in [0.29, 0.717) is 6.42 Å². The number of carbonyl (C=O) groups excluding carboxylic acids is 2. The van der Waals surface area contributed by atoms with Gasteiger partial charge in [0.05, 0.1) is 19.2 Å². The van der Waals surface area contributed by atoms with Gasteiger partial charge in [-0.15, -0.1) is 0 Å². The third-order valence-electron chi connectivity index (χ3n) is 7.39. The Hall–Kier alpha value is -2.86. The minimum Gasteiger partial charge on any atom is -0.497 e. The first-order valence-corrected chi connectivity index (χ1v) is 11.9. The van der Waals surface area contributed by atoms with E-state index in [9.17, 15) is 9.59 Å². The largest absolute Gasteiger partial charge is 0.497 e. The number of methoxy groups -OCH3 is 1. The molecule has 0 unspecified atom stereocenters. The topological polar surface area (TPSA) is 70.7 Å². The summed E-state index contributed by atoms with van der Waals surface area (Å²) in [7, 11) is 1.67. The van der Waals surface area contributed by atoms with Crippen molar-refractivity contribution >= 4 is 17.5 Å². The standard InChI is InChI=1S/C27H35N3O3/c1-18-9-7-12-22(19(18)2)28-26(32)17-30-23(20-10-8-11-21(15-20)33-4)16-27(3)24(30)13-5-6-14-25(31)29-27/h7-12,15,23-24H,5-6,13-14,16-17H2,1-4H3,(H,28,32)(H,29,31)/t23-,24-,27-/m0/s1. The number of hydrogen-bond acceptors (Lipinski definition) is 4. The predicted octanol–water partition coefficient (Wildman–Crippen LogP) is 4.52. The highest BCUT2D eigenvalue weighted by Gasteiger charge is 2.51. The Morgan fingerprint density at radius 1 is 1.21 bits per heavy atom. The summed E-state index contributed by atoms with van der Waals surface area (Å²) >= 11 is 0. The van der Waals surface area contributed by atoms with Gasteiger partial charge in [0.1, 0.15) is 5.75 Å². The number of aryl methyl sites for hydroxylation is 1. The van der Waals surface area contributed by atoms with E-state index in [1.165, 1.54) is 0 Å². The summed E-state index contributed by atoms with van der Waals surface area (Å²) in [6, 6.07) is 14.1. The van der Waals surface area contributed by atoms with Crippen molar-refractivity contribution in [2.75, 3.05) is 19.0 Å². The maximum Gasteiger partial charge on any atom is 0.238 e. The number of benzene rings is 2. The van der Waals surface area contributed by atoms with Crippen molar-refractivity contribution in [3.05, 3.63) is 59.2 Å². The number of ether oxygens (including phenoxy) is 1. The molecule has 2 aliphatic rings. The Labute approximate surface area is 196 Å². The highest BCUT2D eigenvalue weighted by Crippen LogP contribution is 2.45. The number of likely N-dealkylation sites (tertiary alicyclic amines) is 1. The monoisotopic (exact) mass is 449 g/mol. The van der Waals surface area contributed by atoms with E-state index in [2.05, 4.69) is 28.5 Å². The van der Waals surface area contributed by atoms with Crippen LogP contribution in [0.25, 0.3) is 0 Å². The van der Waals surface area contributed by atoms with Crippen LogP contribution in [0.4, 0.5) is 5.69 Å². The molecule has 0 spiro atoms. The summed E-state index contributed by atoms with van der Waals surface area (Å²) < 4.78 is 5.47. The summed E-state index contributed by atoms with van der Waals surface area (Å²) in [4.78, 5) is 28.1. The molecule has 2 fully saturated rings. The van der Waals surface area contributed by atoms with Gasteiger partial charge in [-0.3, -0.25) is 14.5 Å². The molecule has 0 bridgehead atoms. The van der Waals surface area contributed by atoms with Crippen LogP contribution in [0.3, 0.4) is 0 Å². The lowest BCUT2D eigenvalue weighted by Gasteiger charge is -2.38. The average Bonchev–Trinajstić information content (AvgIpc) is 3.03. The van der Waals surface area contributed by atoms with Crippen molar-refractivity contribution < 1.29 is 14.3 Å². The summed E-state index contributed by atoms with van der Waals surface area (Å²) in [5.74, 6) is 0.869. The van der Waals surface area contributed by atoms with Crippen molar-refractivity contribution in [2.24, 2.45) is 0 Å². The highest BCUT2D eigenvalue weighted by molar-refractivity contribution is 5.93. The maximum atomic E-state index is 13.3. The molecule has 176 valence electrons. The zero-order valence-corrected chi connectivity index (χ0v) is 20.1. The first-order chi connectivity index (χ1) is 15.8. The van der Waals surface area contributed by atoms with Crippen LogP contribution in [-0.2, 0) is 9.59 Å². The minimum atomic E-state index is -0.384. The van der Waals surface area contributed by atoms with Crippen LogP contribution in [0.15, 0.2) is 42.5 Å². The number of amides is 2. The summed E-state index contributed by atoms with van der Waals surface area (Å²) in [5, 5.41) is 6.44. The Morgan fingerprint density at radius 2 is 2.00 bits per heavy atom. The molecular weight excluding hydrogens is 414 g/mol. The Balaban J connectivity index is 1.64. The predicted molar refractivity (Wildman–Crippen MR) is 130 cm³/mol. The molecule has 0 radical (unpaired) electrons. The van der Waals surface area contributed by atoms with Crippen LogP contribution in [0.5, 0.6) is 5.75 Å². The Kier molecular flexibility index (Phi) is 6.75. The molecule has 2 amide bonds. The van der Waals surface area contributed by atoms with E-state index in [-0.39, 0.29) is 36.0 Å². The number of fused-ring (bicyclic) bond motifs is 1. The fraction of sp³-hybridized carbons (Fsp3) is 0.481. The van der Waals surface area contributed by atoms with Crippen molar-refractivity contribution in [2.45, 2.75) is 70.5 Å². The van der Waals surface area contributed by atoms with Gasteiger partial charge >= 0.3 is 0 Å². The van der Waals surface area contributed by atoms with Gasteiger partial charge in [-0.25, -0.2) is 0 Å². The number of nitrogens with zero attached hydrogens (tertiary/aromatic N) is 1. The molecule has 3 atom stereocenters. The second-order valence-electron chi connectivity index (χ2n) is 9.69. The normalized spacial score (nSPS) is 25.5. The number of hydrogen-bond donors (Lipinski definition) is 2. The van der Waals surface area contributed by atoms with Gasteiger partial charge in [-0.2, -0.15) is 0 Å². The quantitative estimate of drug-likeness (QED) is 0.704. The molecule has 6 nitrogen and oxygen atoms in total. The van der Waals surface area contributed by atoms with E-state index in [0.717, 1.165) is 53.8 Å². The summed E-state index contributed by atoms with van der Waals surface area (Å²) in [5.41, 5.74) is 3.81. The van der Waals surface area contributed by atoms with Crippen LogP contribution in [-0.4, -0.2) is 41.9 Å². The van der Waals surface area contributed by atoms with Crippen molar-refractivity contribution in [1.29, 1.82) is 0 Å². The van der Waals surface area contributed by atoms with Crippen LogP contribution in [0, 0.1) is 13.8 Å². The molecule has 33 heavy (non-hydrogen) atoms. The Morgan fingerprint density at radius 3 is 2.79 bits per heavy atom. The fourth-order valence-corrected chi connectivity index (χ4v) is 5.48. The lowest BCUT2D eigenvalue weighted by Crippen LogP contribution is -2.56. The van der Waals surface area contributed by atoms with E-state index in [1.807, 2.05) is 50.2 Å². The number of carbonyl (C=O) groups is 2.